The predicted octanol–water partition coefficient (Wildman–Crippen LogP) is 6.68. The number of nitrogens with one attached hydrogen (secondary N) is 1. The van der Waals surface area contributed by atoms with Crippen LogP contribution in [0.25, 0.3) is 0 Å². The van der Waals surface area contributed by atoms with Gasteiger partial charge in [-0.05, 0) is 48.0 Å². The summed E-state index contributed by atoms with van der Waals surface area (Å²) in [5, 5.41) is 4.45. The number of ether oxygens (including phenoxy) is 3. The first-order valence-corrected chi connectivity index (χ1v) is 10.1. The third-order valence-electron chi connectivity index (χ3n) is 4.26. The number of hydrogen-bond acceptors (Lipinski definition) is 4. The standard InChI is InChI=1S/C21H16BrCl2NO3/c22-15-2-5-19(26-11-13-1-4-17(23)18(24)7-13)14(8-15)10-25-16-3-6-20-21(9-16)28-12-27-20/h1-9,25H,10-12H2. The lowest BCUT2D eigenvalue weighted by Crippen LogP contribution is -2.04. The number of benzene rings is 3. The molecule has 4 rings (SSSR count). The minimum atomic E-state index is 0.261. The quantitative estimate of drug-likeness (QED) is 0.427. The Hall–Kier alpha value is -2.08. The van der Waals surface area contributed by atoms with Gasteiger partial charge in [0.25, 0.3) is 0 Å². The number of halogens is 3. The van der Waals surface area contributed by atoms with E-state index in [-0.39, 0.29) is 6.79 Å². The summed E-state index contributed by atoms with van der Waals surface area (Å²) >= 11 is 15.6. The topological polar surface area (TPSA) is 39.7 Å². The third kappa shape index (κ3) is 4.49. The van der Waals surface area contributed by atoms with Gasteiger partial charge in [-0.3, -0.25) is 0 Å². The van der Waals surface area contributed by atoms with Crippen molar-refractivity contribution in [2.75, 3.05) is 12.1 Å². The van der Waals surface area contributed by atoms with E-state index in [0.29, 0.717) is 23.2 Å². The van der Waals surface area contributed by atoms with E-state index in [1.54, 1.807) is 6.07 Å². The maximum atomic E-state index is 6.08. The van der Waals surface area contributed by atoms with Crippen molar-refractivity contribution in [3.8, 4) is 17.2 Å². The van der Waals surface area contributed by atoms with Crippen LogP contribution >= 0.6 is 39.1 Å². The molecule has 0 saturated heterocycles. The van der Waals surface area contributed by atoms with Crippen LogP contribution in [0.5, 0.6) is 17.2 Å². The Morgan fingerprint density at radius 2 is 1.79 bits per heavy atom. The van der Waals surface area contributed by atoms with Crippen LogP contribution < -0.4 is 19.5 Å². The molecular weight excluding hydrogens is 465 g/mol. The highest BCUT2D eigenvalue weighted by molar-refractivity contribution is 9.10. The smallest absolute Gasteiger partial charge is 0.231 e. The molecular formula is C21H16BrCl2NO3. The van der Waals surface area contributed by atoms with Crippen LogP contribution in [0.1, 0.15) is 11.1 Å². The van der Waals surface area contributed by atoms with Gasteiger partial charge in [-0.2, -0.15) is 0 Å². The van der Waals surface area contributed by atoms with E-state index in [0.717, 1.165) is 38.5 Å². The van der Waals surface area contributed by atoms with Crippen molar-refractivity contribution in [1.29, 1.82) is 0 Å². The molecule has 0 aromatic heterocycles. The van der Waals surface area contributed by atoms with Gasteiger partial charge in [0.15, 0.2) is 11.5 Å². The number of fused-ring (bicyclic) bond motifs is 1. The van der Waals surface area contributed by atoms with Gasteiger partial charge >= 0.3 is 0 Å². The van der Waals surface area contributed by atoms with Gasteiger partial charge in [-0.25, -0.2) is 0 Å². The minimum absolute atomic E-state index is 0.261. The Morgan fingerprint density at radius 3 is 2.64 bits per heavy atom. The first-order valence-electron chi connectivity index (χ1n) is 8.57. The molecule has 144 valence electrons. The summed E-state index contributed by atoms with van der Waals surface area (Å²) in [4.78, 5) is 0. The Balaban J connectivity index is 1.46. The number of rotatable bonds is 6. The molecule has 0 bridgehead atoms. The van der Waals surface area contributed by atoms with Crippen LogP contribution in [0.2, 0.25) is 10.0 Å². The van der Waals surface area contributed by atoms with Crippen molar-refractivity contribution in [1.82, 2.24) is 0 Å². The molecule has 1 aliphatic rings. The molecule has 0 fully saturated rings. The monoisotopic (exact) mass is 479 g/mol. The van der Waals surface area contributed by atoms with Gasteiger partial charge in [0.2, 0.25) is 6.79 Å². The maximum Gasteiger partial charge on any atom is 0.231 e. The number of anilines is 1. The molecule has 0 amide bonds. The highest BCUT2D eigenvalue weighted by atomic mass is 79.9. The summed E-state index contributed by atoms with van der Waals surface area (Å²) in [7, 11) is 0. The Kier molecular flexibility index (Phi) is 5.85. The highest BCUT2D eigenvalue weighted by Gasteiger charge is 2.13. The molecule has 0 unspecified atom stereocenters. The molecule has 7 heteroatoms. The zero-order chi connectivity index (χ0) is 19.5. The molecule has 0 aliphatic carbocycles. The zero-order valence-corrected chi connectivity index (χ0v) is 17.8. The lowest BCUT2D eigenvalue weighted by Gasteiger charge is -2.14. The van der Waals surface area contributed by atoms with Crippen LogP contribution in [-0.4, -0.2) is 6.79 Å². The van der Waals surface area contributed by atoms with E-state index >= 15 is 0 Å². The molecule has 4 nitrogen and oxygen atoms in total. The van der Waals surface area contributed by atoms with Crippen LogP contribution in [0.4, 0.5) is 5.69 Å². The van der Waals surface area contributed by atoms with Crippen molar-refractivity contribution < 1.29 is 14.2 Å². The first-order chi connectivity index (χ1) is 13.6. The predicted molar refractivity (Wildman–Crippen MR) is 115 cm³/mol. The molecule has 1 heterocycles. The van der Waals surface area contributed by atoms with Crippen molar-refractivity contribution in [3.05, 3.63) is 80.2 Å². The van der Waals surface area contributed by atoms with Gasteiger partial charge in [0.05, 0.1) is 10.0 Å². The van der Waals surface area contributed by atoms with Gasteiger partial charge in [-0.15, -0.1) is 0 Å². The summed E-state index contributed by atoms with van der Waals surface area (Å²) in [5.74, 6) is 2.30. The van der Waals surface area contributed by atoms with E-state index in [4.69, 9.17) is 37.4 Å². The Morgan fingerprint density at radius 1 is 0.929 bits per heavy atom. The molecule has 1 aliphatic heterocycles. The second-order valence-electron chi connectivity index (χ2n) is 6.21. The van der Waals surface area contributed by atoms with Crippen LogP contribution in [0.3, 0.4) is 0 Å². The fourth-order valence-electron chi connectivity index (χ4n) is 2.82. The van der Waals surface area contributed by atoms with E-state index in [1.807, 2.05) is 48.5 Å². The average molecular weight is 481 g/mol. The molecule has 0 saturated carbocycles. The first kappa shape index (κ1) is 19.2. The lowest BCUT2D eigenvalue weighted by atomic mass is 10.2. The van der Waals surface area contributed by atoms with Crippen molar-refractivity contribution >= 4 is 44.8 Å². The van der Waals surface area contributed by atoms with E-state index < -0.39 is 0 Å². The van der Waals surface area contributed by atoms with Crippen molar-refractivity contribution in [3.63, 3.8) is 0 Å². The maximum absolute atomic E-state index is 6.08. The second-order valence-corrected chi connectivity index (χ2v) is 7.94. The van der Waals surface area contributed by atoms with Crippen LogP contribution in [0, 0.1) is 0 Å². The molecule has 1 N–H and O–H groups in total. The van der Waals surface area contributed by atoms with Gasteiger partial charge in [0, 0.05) is 28.3 Å². The van der Waals surface area contributed by atoms with Gasteiger partial charge in [0.1, 0.15) is 12.4 Å². The molecule has 3 aromatic carbocycles. The third-order valence-corrected chi connectivity index (χ3v) is 5.49. The zero-order valence-electron chi connectivity index (χ0n) is 14.7. The lowest BCUT2D eigenvalue weighted by molar-refractivity contribution is 0.174. The summed E-state index contributed by atoms with van der Waals surface area (Å²) < 4.78 is 17.8. The van der Waals surface area contributed by atoms with Crippen molar-refractivity contribution in [2.45, 2.75) is 13.2 Å². The average Bonchev–Trinajstić information content (AvgIpc) is 3.16. The van der Waals surface area contributed by atoms with Crippen LogP contribution in [0.15, 0.2) is 59.1 Å². The van der Waals surface area contributed by atoms with Crippen molar-refractivity contribution in [2.24, 2.45) is 0 Å². The highest BCUT2D eigenvalue weighted by Crippen LogP contribution is 2.34. The number of hydrogen-bond donors (Lipinski definition) is 1. The summed E-state index contributed by atoms with van der Waals surface area (Å²) in [6.45, 7) is 1.25. The second kappa shape index (κ2) is 8.52. The normalized spacial score (nSPS) is 12.1. The largest absolute Gasteiger partial charge is 0.489 e. The van der Waals surface area contributed by atoms with E-state index in [2.05, 4.69) is 21.2 Å². The minimum Gasteiger partial charge on any atom is -0.489 e. The molecule has 3 aromatic rings. The fourth-order valence-corrected chi connectivity index (χ4v) is 3.55. The Labute approximate surface area is 181 Å². The van der Waals surface area contributed by atoms with E-state index in [1.165, 1.54) is 0 Å². The molecule has 0 atom stereocenters. The SMILES string of the molecule is Clc1ccc(COc2ccc(Br)cc2CNc2ccc3c(c2)OCO3)cc1Cl. The van der Waals surface area contributed by atoms with E-state index in [9.17, 15) is 0 Å². The molecule has 28 heavy (non-hydrogen) atoms. The fraction of sp³-hybridized carbons (Fsp3) is 0.143. The van der Waals surface area contributed by atoms with Gasteiger partial charge in [-0.1, -0.05) is 45.2 Å². The summed E-state index contributed by atoms with van der Waals surface area (Å²) in [6, 6.07) is 17.2. The summed E-state index contributed by atoms with van der Waals surface area (Å²) in [5.41, 5.74) is 2.92. The van der Waals surface area contributed by atoms with Gasteiger partial charge < -0.3 is 19.5 Å². The molecule has 0 radical (unpaired) electrons. The van der Waals surface area contributed by atoms with Crippen LogP contribution in [-0.2, 0) is 13.2 Å². The summed E-state index contributed by atoms with van der Waals surface area (Å²) in [6.07, 6.45) is 0. The molecule has 0 spiro atoms. The Bertz CT molecular complexity index is 1010.